The number of benzene rings is 2. The summed E-state index contributed by atoms with van der Waals surface area (Å²) in [7, 11) is 1.77. The van der Waals surface area contributed by atoms with Crippen molar-refractivity contribution in [3.05, 3.63) is 64.0 Å². The molecule has 0 N–H and O–H groups in total. The molecule has 2 aromatic carbocycles. The highest BCUT2D eigenvalue weighted by Gasteiger charge is 2.29. The minimum absolute atomic E-state index is 0.0619. The van der Waals surface area contributed by atoms with E-state index in [1.807, 2.05) is 0 Å². The molecule has 1 aromatic heterocycles. The van der Waals surface area contributed by atoms with Gasteiger partial charge in [-0.3, -0.25) is 4.79 Å². The second-order valence-electron chi connectivity index (χ2n) is 7.95. The Balaban J connectivity index is 1.40. The number of aromatic nitrogens is 2. The maximum atomic E-state index is 13.1. The lowest BCUT2D eigenvalue weighted by molar-refractivity contribution is -0.135. The molecule has 162 valence electrons. The molecule has 2 heterocycles. The summed E-state index contributed by atoms with van der Waals surface area (Å²) in [6.07, 6.45) is 1.86. The molecule has 1 amide bonds. The number of aryl methyl sites for hydroxylation is 1. The molecule has 1 atom stereocenters. The van der Waals surface area contributed by atoms with E-state index >= 15 is 0 Å². The van der Waals surface area contributed by atoms with Crippen molar-refractivity contribution in [2.75, 3.05) is 25.0 Å². The lowest BCUT2D eigenvalue weighted by Crippen LogP contribution is -2.43. The number of carbonyl (C=O) groups excluding carboxylic acids is 1. The van der Waals surface area contributed by atoms with Gasteiger partial charge in [0.25, 0.3) is 0 Å². The van der Waals surface area contributed by atoms with Crippen LogP contribution in [0, 0.1) is 12.8 Å². The monoisotopic (exact) mass is 458 g/mol. The zero-order valence-corrected chi connectivity index (χ0v) is 19.0. The lowest BCUT2D eigenvalue weighted by Gasteiger charge is -2.35. The third kappa shape index (κ3) is 5.02. The van der Waals surface area contributed by atoms with Gasteiger partial charge in [0, 0.05) is 36.4 Å². The van der Waals surface area contributed by atoms with Crippen LogP contribution in [-0.4, -0.2) is 41.1 Å². The Bertz CT molecular complexity index is 1070. The van der Waals surface area contributed by atoms with Crippen LogP contribution in [0.15, 0.2) is 47.0 Å². The summed E-state index contributed by atoms with van der Waals surface area (Å²) >= 11 is 12.2. The Morgan fingerprint density at radius 1 is 1.23 bits per heavy atom. The average Bonchev–Trinajstić information content (AvgIpc) is 3.22. The smallest absolute Gasteiger partial charge is 0.246 e. The van der Waals surface area contributed by atoms with Gasteiger partial charge in [0.1, 0.15) is 0 Å². The van der Waals surface area contributed by atoms with Crippen LogP contribution >= 0.6 is 23.2 Å². The van der Waals surface area contributed by atoms with Crippen molar-refractivity contribution in [3.63, 3.8) is 0 Å². The van der Waals surface area contributed by atoms with Crippen LogP contribution in [0.25, 0.3) is 11.4 Å². The molecule has 1 saturated heterocycles. The molecule has 0 aliphatic carbocycles. The van der Waals surface area contributed by atoms with Crippen molar-refractivity contribution in [3.8, 4) is 11.4 Å². The van der Waals surface area contributed by atoms with Gasteiger partial charge in [-0.15, -0.1) is 0 Å². The van der Waals surface area contributed by atoms with Gasteiger partial charge in [0.05, 0.1) is 17.5 Å². The van der Waals surface area contributed by atoms with E-state index in [9.17, 15) is 4.79 Å². The van der Waals surface area contributed by atoms with E-state index in [0.29, 0.717) is 33.9 Å². The van der Waals surface area contributed by atoms with Crippen LogP contribution in [0.5, 0.6) is 0 Å². The minimum Gasteiger partial charge on any atom is -0.371 e. The molecule has 1 fully saturated rings. The molecule has 0 bridgehead atoms. The first-order chi connectivity index (χ1) is 14.9. The molecule has 8 heteroatoms. The highest BCUT2D eigenvalue weighted by Crippen LogP contribution is 2.29. The van der Waals surface area contributed by atoms with Crippen LogP contribution in [0.2, 0.25) is 10.0 Å². The van der Waals surface area contributed by atoms with Gasteiger partial charge in [0.15, 0.2) is 0 Å². The first-order valence-corrected chi connectivity index (χ1v) is 11.0. The Morgan fingerprint density at radius 3 is 2.74 bits per heavy atom. The summed E-state index contributed by atoms with van der Waals surface area (Å²) in [6, 6.07) is 13.5. The number of hydrogen-bond donors (Lipinski definition) is 0. The van der Waals surface area contributed by atoms with Gasteiger partial charge in [-0.05, 0) is 50.1 Å². The summed E-state index contributed by atoms with van der Waals surface area (Å²) in [4.78, 5) is 21.4. The largest absolute Gasteiger partial charge is 0.371 e. The zero-order valence-electron chi connectivity index (χ0n) is 17.5. The quantitative estimate of drug-likeness (QED) is 0.523. The van der Waals surface area contributed by atoms with E-state index in [1.165, 1.54) is 5.56 Å². The molecule has 6 nitrogen and oxygen atoms in total. The Morgan fingerprint density at radius 2 is 2.00 bits per heavy atom. The van der Waals surface area contributed by atoms with Crippen molar-refractivity contribution in [2.45, 2.75) is 26.3 Å². The lowest BCUT2D eigenvalue weighted by atomic mass is 9.96. The third-order valence-electron chi connectivity index (χ3n) is 5.56. The van der Waals surface area contributed by atoms with Crippen molar-refractivity contribution >= 4 is 34.8 Å². The number of nitrogens with zero attached hydrogens (tertiary/aromatic N) is 4. The van der Waals surface area contributed by atoms with Crippen molar-refractivity contribution in [1.82, 2.24) is 15.0 Å². The molecule has 3 aromatic rings. The molecule has 0 saturated carbocycles. The zero-order chi connectivity index (χ0) is 22.0. The van der Waals surface area contributed by atoms with Crippen molar-refractivity contribution in [2.24, 2.45) is 5.92 Å². The van der Waals surface area contributed by atoms with Crippen molar-refractivity contribution < 1.29 is 9.32 Å². The van der Waals surface area contributed by atoms with Crippen molar-refractivity contribution in [1.29, 1.82) is 0 Å². The number of anilines is 1. The summed E-state index contributed by atoms with van der Waals surface area (Å²) in [5, 5.41) is 4.98. The first-order valence-electron chi connectivity index (χ1n) is 10.3. The number of carbonyl (C=O) groups is 1. The Kier molecular flexibility index (Phi) is 6.49. The third-order valence-corrected chi connectivity index (χ3v) is 6.11. The van der Waals surface area contributed by atoms with Gasteiger partial charge in [-0.2, -0.15) is 4.98 Å². The maximum Gasteiger partial charge on any atom is 0.246 e. The predicted molar refractivity (Wildman–Crippen MR) is 122 cm³/mol. The summed E-state index contributed by atoms with van der Waals surface area (Å²) < 4.78 is 5.36. The Hall–Kier alpha value is -2.57. The number of amides is 1. The summed E-state index contributed by atoms with van der Waals surface area (Å²) in [5.41, 5.74) is 3.02. The fourth-order valence-electron chi connectivity index (χ4n) is 3.86. The van der Waals surface area contributed by atoms with E-state index in [-0.39, 0.29) is 18.4 Å². The fourth-order valence-corrected chi connectivity index (χ4v) is 4.35. The summed E-state index contributed by atoms with van der Waals surface area (Å²) in [5.74, 6) is 0.762. The van der Waals surface area contributed by atoms with E-state index in [0.717, 1.165) is 25.1 Å². The molecular weight excluding hydrogens is 435 g/mol. The van der Waals surface area contributed by atoms with Gasteiger partial charge in [-0.1, -0.05) is 46.1 Å². The standard InChI is InChI=1S/C23H24Cl2N4O2/c1-15-5-8-18(9-6-15)29-11-3-4-16(13-29)23(30)28(2)14-21-26-22(27-31-21)19-10-7-17(24)12-20(19)25/h5-10,12,16H,3-4,11,13-14H2,1-2H3/t16-/m1/s1. The molecule has 1 aliphatic heterocycles. The van der Waals surface area contributed by atoms with Crippen LogP contribution in [0.1, 0.15) is 24.3 Å². The fraction of sp³-hybridized carbons (Fsp3) is 0.348. The van der Waals surface area contributed by atoms with Gasteiger partial charge >= 0.3 is 0 Å². The number of halogens is 2. The number of rotatable bonds is 5. The molecule has 0 unspecified atom stereocenters. The van der Waals surface area contributed by atoms with E-state index in [1.54, 1.807) is 30.1 Å². The molecule has 4 rings (SSSR count). The maximum absolute atomic E-state index is 13.1. The van der Waals surface area contributed by atoms with Gasteiger partial charge in [0.2, 0.25) is 17.6 Å². The van der Waals surface area contributed by atoms with Crippen LogP contribution < -0.4 is 4.90 Å². The van der Waals surface area contributed by atoms with Crippen LogP contribution in [-0.2, 0) is 11.3 Å². The second kappa shape index (κ2) is 9.28. The molecule has 0 radical (unpaired) electrons. The van der Waals surface area contributed by atoms with Gasteiger partial charge in [-0.25, -0.2) is 0 Å². The predicted octanol–water partition coefficient (Wildman–Crippen LogP) is 5.23. The average molecular weight is 459 g/mol. The normalized spacial score (nSPS) is 16.4. The first kappa shape index (κ1) is 21.7. The van der Waals surface area contributed by atoms with E-state index in [2.05, 4.69) is 46.2 Å². The number of hydrogen-bond acceptors (Lipinski definition) is 5. The Labute approximate surface area is 191 Å². The minimum atomic E-state index is -0.0619. The molecular formula is C23H24Cl2N4O2. The van der Waals surface area contributed by atoms with E-state index < -0.39 is 0 Å². The second-order valence-corrected chi connectivity index (χ2v) is 8.79. The van der Waals surface area contributed by atoms with Gasteiger partial charge < -0.3 is 14.3 Å². The van der Waals surface area contributed by atoms with E-state index in [4.69, 9.17) is 27.7 Å². The SMILES string of the molecule is Cc1ccc(N2CCC[C@@H](C(=O)N(C)Cc3nc(-c4ccc(Cl)cc4Cl)no3)C2)cc1. The summed E-state index contributed by atoms with van der Waals surface area (Å²) in [6.45, 7) is 4.00. The highest BCUT2D eigenvalue weighted by atomic mass is 35.5. The highest BCUT2D eigenvalue weighted by molar-refractivity contribution is 6.36. The molecule has 31 heavy (non-hydrogen) atoms. The van der Waals surface area contributed by atoms with Crippen LogP contribution in [0.4, 0.5) is 5.69 Å². The topological polar surface area (TPSA) is 62.5 Å². The molecule has 0 spiro atoms. The number of piperidine rings is 1. The molecule has 1 aliphatic rings. The van der Waals surface area contributed by atoms with Crippen LogP contribution in [0.3, 0.4) is 0 Å².